The third-order valence-electron chi connectivity index (χ3n) is 4.51. The Labute approximate surface area is 131 Å². The van der Waals surface area contributed by atoms with Gasteiger partial charge in [0.25, 0.3) is 0 Å². The molecule has 1 saturated heterocycles. The van der Waals surface area contributed by atoms with Crippen molar-refractivity contribution in [2.24, 2.45) is 5.92 Å². The molecule has 0 bridgehead atoms. The van der Waals surface area contributed by atoms with Gasteiger partial charge in [0.05, 0.1) is 13.2 Å². The summed E-state index contributed by atoms with van der Waals surface area (Å²) in [5, 5.41) is 13.9. The maximum absolute atomic E-state index is 10.5. The van der Waals surface area contributed by atoms with E-state index in [-0.39, 0.29) is 6.10 Å². The zero-order chi connectivity index (χ0) is 15.4. The van der Waals surface area contributed by atoms with Crippen LogP contribution in [0.4, 0.5) is 0 Å². The zero-order valence-corrected chi connectivity index (χ0v) is 13.0. The Bertz CT molecular complexity index is 586. The van der Waals surface area contributed by atoms with E-state index in [4.69, 9.17) is 4.74 Å². The predicted molar refractivity (Wildman–Crippen MR) is 89.0 cm³/mol. The molecule has 1 aliphatic rings. The van der Waals surface area contributed by atoms with Crippen molar-refractivity contribution < 1.29 is 9.84 Å². The number of rotatable bonds is 4. The van der Waals surface area contributed by atoms with Crippen LogP contribution in [0.3, 0.4) is 0 Å². The second kappa shape index (κ2) is 6.95. The standard InChI is InChI=1S/C19H23NO2/c1-22-18-8-6-15(7-9-18)14-2-4-16(5-3-14)19(21)17-10-12-20-13-11-17/h2-9,17,19-21H,10-13H2,1H3. The fourth-order valence-electron chi connectivity index (χ4n) is 3.09. The van der Waals surface area contributed by atoms with E-state index in [9.17, 15) is 5.11 Å². The second-order valence-corrected chi connectivity index (χ2v) is 5.88. The molecule has 1 heterocycles. The topological polar surface area (TPSA) is 41.5 Å². The minimum atomic E-state index is -0.355. The molecule has 1 atom stereocenters. The van der Waals surface area contributed by atoms with E-state index in [1.165, 1.54) is 0 Å². The molecule has 0 radical (unpaired) electrons. The van der Waals surface area contributed by atoms with Gasteiger partial charge in [-0.1, -0.05) is 36.4 Å². The molecule has 1 fully saturated rings. The van der Waals surface area contributed by atoms with Crippen LogP contribution in [0.2, 0.25) is 0 Å². The number of methoxy groups -OCH3 is 1. The molecule has 22 heavy (non-hydrogen) atoms. The normalized spacial score (nSPS) is 17.2. The summed E-state index contributed by atoms with van der Waals surface area (Å²) in [5.41, 5.74) is 3.33. The minimum Gasteiger partial charge on any atom is -0.497 e. The zero-order valence-electron chi connectivity index (χ0n) is 13.0. The summed E-state index contributed by atoms with van der Waals surface area (Å²) < 4.78 is 5.18. The molecule has 116 valence electrons. The fourth-order valence-corrected chi connectivity index (χ4v) is 3.09. The van der Waals surface area contributed by atoms with Crippen LogP contribution >= 0.6 is 0 Å². The first-order valence-electron chi connectivity index (χ1n) is 7.91. The van der Waals surface area contributed by atoms with Gasteiger partial charge in [0.2, 0.25) is 0 Å². The lowest BCUT2D eigenvalue weighted by Gasteiger charge is -2.27. The summed E-state index contributed by atoms with van der Waals surface area (Å²) in [6.45, 7) is 2.01. The highest BCUT2D eigenvalue weighted by atomic mass is 16.5. The van der Waals surface area contributed by atoms with Gasteiger partial charge in [0, 0.05) is 0 Å². The average molecular weight is 297 g/mol. The number of benzene rings is 2. The van der Waals surface area contributed by atoms with Crippen molar-refractivity contribution in [2.45, 2.75) is 18.9 Å². The SMILES string of the molecule is COc1ccc(-c2ccc(C(O)C3CCNCC3)cc2)cc1. The van der Waals surface area contributed by atoms with Crippen LogP contribution in [-0.2, 0) is 0 Å². The Balaban J connectivity index is 1.73. The Kier molecular flexibility index (Phi) is 4.76. The molecule has 3 rings (SSSR count). The van der Waals surface area contributed by atoms with E-state index >= 15 is 0 Å². The first-order valence-corrected chi connectivity index (χ1v) is 7.91. The van der Waals surface area contributed by atoms with Crippen LogP contribution in [0.25, 0.3) is 11.1 Å². The molecule has 1 unspecified atom stereocenters. The average Bonchev–Trinajstić information content (AvgIpc) is 2.62. The van der Waals surface area contributed by atoms with E-state index in [1.54, 1.807) is 7.11 Å². The van der Waals surface area contributed by atoms with Gasteiger partial charge in [-0.25, -0.2) is 0 Å². The lowest BCUT2D eigenvalue weighted by Crippen LogP contribution is -2.30. The van der Waals surface area contributed by atoms with Crippen molar-refractivity contribution in [3.8, 4) is 16.9 Å². The van der Waals surface area contributed by atoms with Crippen molar-refractivity contribution in [3.05, 3.63) is 54.1 Å². The quantitative estimate of drug-likeness (QED) is 0.909. The van der Waals surface area contributed by atoms with Crippen molar-refractivity contribution >= 4 is 0 Å². The number of aliphatic hydroxyl groups excluding tert-OH is 1. The summed E-state index contributed by atoms with van der Waals surface area (Å²) >= 11 is 0. The molecule has 2 N–H and O–H groups in total. The third kappa shape index (κ3) is 3.32. The Hall–Kier alpha value is -1.84. The molecule has 2 aromatic rings. The maximum Gasteiger partial charge on any atom is 0.118 e. The Morgan fingerprint density at radius 1 is 0.955 bits per heavy atom. The molecular weight excluding hydrogens is 274 g/mol. The van der Waals surface area contributed by atoms with E-state index < -0.39 is 0 Å². The van der Waals surface area contributed by atoms with Crippen LogP contribution in [0.15, 0.2) is 48.5 Å². The maximum atomic E-state index is 10.5. The number of ether oxygens (including phenoxy) is 1. The summed E-state index contributed by atoms with van der Waals surface area (Å²) in [7, 11) is 1.67. The molecule has 3 nitrogen and oxygen atoms in total. The first kappa shape index (κ1) is 15.1. The van der Waals surface area contributed by atoms with Crippen LogP contribution in [0.5, 0.6) is 5.75 Å². The van der Waals surface area contributed by atoms with Gasteiger partial charge in [-0.05, 0) is 60.7 Å². The molecule has 2 aromatic carbocycles. The van der Waals surface area contributed by atoms with Crippen LogP contribution < -0.4 is 10.1 Å². The summed E-state index contributed by atoms with van der Waals surface area (Å²) in [6.07, 6.45) is 1.73. The summed E-state index contributed by atoms with van der Waals surface area (Å²) in [4.78, 5) is 0. The van der Waals surface area contributed by atoms with E-state index in [0.29, 0.717) is 5.92 Å². The molecule has 3 heteroatoms. The van der Waals surface area contributed by atoms with Crippen LogP contribution in [0.1, 0.15) is 24.5 Å². The van der Waals surface area contributed by atoms with Gasteiger partial charge >= 0.3 is 0 Å². The first-order chi connectivity index (χ1) is 10.8. The van der Waals surface area contributed by atoms with Gasteiger partial charge in [0.15, 0.2) is 0 Å². The van der Waals surface area contributed by atoms with Crippen LogP contribution in [0, 0.1) is 5.92 Å². The van der Waals surface area contributed by atoms with Gasteiger partial charge in [-0.3, -0.25) is 0 Å². The number of nitrogens with one attached hydrogen (secondary N) is 1. The Morgan fingerprint density at radius 2 is 1.50 bits per heavy atom. The minimum absolute atomic E-state index is 0.355. The second-order valence-electron chi connectivity index (χ2n) is 5.88. The molecule has 0 spiro atoms. The summed E-state index contributed by atoms with van der Waals surface area (Å²) in [6, 6.07) is 16.3. The largest absolute Gasteiger partial charge is 0.497 e. The monoisotopic (exact) mass is 297 g/mol. The molecule has 0 amide bonds. The summed E-state index contributed by atoms with van der Waals surface area (Å²) in [5.74, 6) is 1.23. The van der Waals surface area contributed by atoms with Gasteiger partial charge < -0.3 is 15.2 Å². The molecule has 0 aromatic heterocycles. The molecular formula is C19H23NO2. The van der Waals surface area contributed by atoms with Gasteiger partial charge in [0.1, 0.15) is 5.75 Å². The molecule has 0 aliphatic carbocycles. The van der Waals surface area contributed by atoms with E-state index in [1.807, 2.05) is 24.3 Å². The highest BCUT2D eigenvalue weighted by Crippen LogP contribution is 2.30. The van der Waals surface area contributed by atoms with Crippen molar-refractivity contribution in [1.29, 1.82) is 0 Å². The van der Waals surface area contributed by atoms with E-state index in [2.05, 4.69) is 29.6 Å². The number of hydrogen-bond donors (Lipinski definition) is 2. The predicted octanol–water partition coefficient (Wildman–Crippen LogP) is 3.40. The highest BCUT2D eigenvalue weighted by molar-refractivity contribution is 5.64. The van der Waals surface area contributed by atoms with Crippen molar-refractivity contribution in [3.63, 3.8) is 0 Å². The highest BCUT2D eigenvalue weighted by Gasteiger charge is 2.22. The lowest BCUT2D eigenvalue weighted by molar-refractivity contribution is 0.0889. The number of aliphatic hydroxyl groups is 1. The van der Waals surface area contributed by atoms with Crippen LogP contribution in [-0.4, -0.2) is 25.3 Å². The smallest absolute Gasteiger partial charge is 0.118 e. The lowest BCUT2D eigenvalue weighted by atomic mass is 9.87. The van der Waals surface area contributed by atoms with E-state index in [0.717, 1.165) is 48.4 Å². The van der Waals surface area contributed by atoms with Crippen molar-refractivity contribution in [1.82, 2.24) is 5.32 Å². The van der Waals surface area contributed by atoms with Gasteiger partial charge in [-0.15, -0.1) is 0 Å². The fraction of sp³-hybridized carbons (Fsp3) is 0.368. The molecule has 0 saturated carbocycles. The molecule has 1 aliphatic heterocycles. The number of hydrogen-bond acceptors (Lipinski definition) is 3. The number of piperidine rings is 1. The Morgan fingerprint density at radius 3 is 2.05 bits per heavy atom. The van der Waals surface area contributed by atoms with Gasteiger partial charge in [-0.2, -0.15) is 0 Å². The van der Waals surface area contributed by atoms with Crippen molar-refractivity contribution in [2.75, 3.05) is 20.2 Å². The third-order valence-corrected chi connectivity index (χ3v) is 4.51.